The van der Waals surface area contributed by atoms with Crippen LogP contribution >= 0.6 is 0 Å². The van der Waals surface area contributed by atoms with Gasteiger partial charge in [-0.05, 0) is 41.5 Å². The highest BCUT2D eigenvalue weighted by molar-refractivity contribution is 5.93. The minimum atomic E-state index is 0.109. The molecule has 5 heteroatoms. The van der Waals surface area contributed by atoms with E-state index < -0.39 is 0 Å². The van der Waals surface area contributed by atoms with Crippen molar-refractivity contribution < 1.29 is 23.9 Å². The third kappa shape index (κ3) is 5.59. The van der Waals surface area contributed by atoms with Gasteiger partial charge in [0.1, 0.15) is 5.75 Å². The molecule has 0 unspecified atom stereocenters. The number of hydrogen-bond acceptors (Lipinski definition) is 4. The Morgan fingerprint density at radius 3 is 2.59 bits per heavy atom. The maximum atomic E-state index is 12.2. The Hall–Kier alpha value is -2.79. The molecule has 2 aromatic carbocycles. The van der Waals surface area contributed by atoms with Crippen LogP contribution in [0.3, 0.4) is 0 Å². The number of allylic oxidation sites excluding steroid dienone is 1. The van der Waals surface area contributed by atoms with Crippen LogP contribution in [-0.4, -0.2) is 49.4 Å². The fraction of sp³-hybridized carbons (Fsp3) is 0.318. The Bertz CT molecular complexity index is 825. The molecule has 1 N–H and O–H groups in total. The van der Waals surface area contributed by atoms with Crippen molar-refractivity contribution in [2.45, 2.75) is 12.8 Å². The number of carbonyl (C=O) groups is 1. The van der Waals surface area contributed by atoms with Crippen LogP contribution in [0.25, 0.3) is 6.08 Å². The lowest BCUT2D eigenvalue weighted by Gasteiger charge is -2.29. The van der Waals surface area contributed by atoms with Crippen molar-refractivity contribution in [3.8, 4) is 17.2 Å². The summed E-state index contributed by atoms with van der Waals surface area (Å²) < 4.78 is 11.5. The third-order valence-corrected chi connectivity index (χ3v) is 4.76. The number of ether oxygens (including phenoxy) is 2. The van der Waals surface area contributed by atoms with Gasteiger partial charge in [-0.1, -0.05) is 24.3 Å². The van der Waals surface area contributed by atoms with Crippen molar-refractivity contribution in [1.29, 1.82) is 0 Å². The Balaban J connectivity index is 1.46. The molecule has 5 nitrogen and oxygen atoms in total. The molecular formula is C22H26NO4+. The Morgan fingerprint density at radius 1 is 1.07 bits per heavy atom. The van der Waals surface area contributed by atoms with Crippen molar-refractivity contribution in [2.24, 2.45) is 0 Å². The lowest BCUT2D eigenvalue weighted by atomic mass is 10.1. The molecule has 1 aliphatic heterocycles. The topological polar surface area (TPSA) is 55.8 Å². The first kappa shape index (κ1) is 19.0. The van der Waals surface area contributed by atoms with Gasteiger partial charge in [0.15, 0.2) is 17.3 Å². The van der Waals surface area contributed by atoms with Gasteiger partial charge in [0.25, 0.3) is 0 Å². The summed E-state index contributed by atoms with van der Waals surface area (Å²) >= 11 is 0. The van der Waals surface area contributed by atoms with E-state index in [2.05, 4.69) is 20.2 Å². The van der Waals surface area contributed by atoms with Crippen LogP contribution in [0, 0.1) is 0 Å². The second kappa shape index (κ2) is 8.27. The number of benzene rings is 2. The molecule has 27 heavy (non-hydrogen) atoms. The molecule has 0 spiro atoms. The maximum absolute atomic E-state index is 12.2. The van der Waals surface area contributed by atoms with E-state index in [1.54, 1.807) is 36.4 Å². The zero-order valence-electron chi connectivity index (χ0n) is 15.9. The second-order valence-corrected chi connectivity index (χ2v) is 7.46. The Kier molecular flexibility index (Phi) is 5.81. The SMILES string of the molecule is C[N+](C)(CCC(=O)/C=C/c1ccc(O)cc1)CCc1ccc2c(c1)OCO2. The van der Waals surface area contributed by atoms with Crippen LogP contribution in [0.4, 0.5) is 0 Å². The zero-order chi connectivity index (χ0) is 19.3. The van der Waals surface area contributed by atoms with E-state index in [0.717, 1.165) is 41.1 Å². The van der Waals surface area contributed by atoms with Gasteiger partial charge in [0.2, 0.25) is 6.79 Å². The summed E-state index contributed by atoms with van der Waals surface area (Å²) in [6.07, 6.45) is 4.82. The van der Waals surface area contributed by atoms with E-state index in [1.165, 1.54) is 5.56 Å². The van der Waals surface area contributed by atoms with Crippen LogP contribution in [0.2, 0.25) is 0 Å². The highest BCUT2D eigenvalue weighted by Crippen LogP contribution is 2.32. The fourth-order valence-corrected chi connectivity index (χ4v) is 2.91. The number of quaternary nitrogens is 1. The van der Waals surface area contributed by atoms with E-state index in [0.29, 0.717) is 13.2 Å². The minimum Gasteiger partial charge on any atom is -0.508 e. The summed E-state index contributed by atoms with van der Waals surface area (Å²) in [4.78, 5) is 12.2. The molecular weight excluding hydrogens is 342 g/mol. The molecule has 0 amide bonds. The molecule has 0 aliphatic carbocycles. The number of rotatable bonds is 8. The average Bonchev–Trinajstić information content (AvgIpc) is 3.12. The summed E-state index contributed by atoms with van der Waals surface area (Å²) in [7, 11) is 4.29. The van der Waals surface area contributed by atoms with Crippen molar-refractivity contribution in [3.63, 3.8) is 0 Å². The normalized spacial score (nSPS) is 13.3. The van der Waals surface area contributed by atoms with E-state index >= 15 is 0 Å². The molecule has 0 saturated carbocycles. The first-order chi connectivity index (χ1) is 12.9. The smallest absolute Gasteiger partial charge is 0.231 e. The van der Waals surface area contributed by atoms with Gasteiger partial charge in [-0.3, -0.25) is 4.79 Å². The van der Waals surface area contributed by atoms with Gasteiger partial charge in [-0.25, -0.2) is 0 Å². The van der Waals surface area contributed by atoms with Crippen molar-refractivity contribution in [1.82, 2.24) is 0 Å². The number of hydrogen-bond donors (Lipinski definition) is 1. The fourth-order valence-electron chi connectivity index (χ4n) is 2.91. The van der Waals surface area contributed by atoms with E-state index in [-0.39, 0.29) is 11.5 Å². The summed E-state index contributed by atoms with van der Waals surface area (Å²) in [6, 6.07) is 12.8. The molecule has 1 aliphatic rings. The van der Waals surface area contributed by atoms with E-state index in [4.69, 9.17) is 9.47 Å². The molecule has 2 aromatic rings. The van der Waals surface area contributed by atoms with Crippen LogP contribution < -0.4 is 9.47 Å². The van der Waals surface area contributed by atoms with Gasteiger partial charge in [-0.15, -0.1) is 0 Å². The Morgan fingerprint density at radius 2 is 1.81 bits per heavy atom. The lowest BCUT2D eigenvalue weighted by molar-refractivity contribution is -0.889. The number of aromatic hydroxyl groups is 1. The Labute approximate surface area is 160 Å². The number of likely N-dealkylation sites (N-methyl/N-ethyl adjacent to an activating group) is 1. The monoisotopic (exact) mass is 368 g/mol. The summed E-state index contributed by atoms with van der Waals surface area (Å²) in [5.41, 5.74) is 2.11. The number of phenolic OH excluding ortho intramolecular Hbond substituents is 1. The summed E-state index contributed by atoms with van der Waals surface area (Å²) in [5.74, 6) is 1.95. The standard InChI is InChI=1S/C22H25NO4/c1-23(2,13-11-18-6-10-21-22(15-18)27-16-26-21)14-12-20(25)9-5-17-3-7-19(24)8-4-17/h3-10,15H,11-14,16H2,1-2H3/p+1. The van der Waals surface area contributed by atoms with Crippen LogP contribution in [0.1, 0.15) is 17.5 Å². The predicted molar refractivity (Wildman–Crippen MR) is 105 cm³/mol. The maximum Gasteiger partial charge on any atom is 0.231 e. The highest BCUT2D eigenvalue weighted by Gasteiger charge is 2.18. The number of carbonyl (C=O) groups excluding carboxylic acids is 1. The largest absolute Gasteiger partial charge is 0.508 e. The van der Waals surface area contributed by atoms with E-state index in [9.17, 15) is 9.90 Å². The average molecular weight is 368 g/mol. The van der Waals surface area contributed by atoms with Crippen LogP contribution in [-0.2, 0) is 11.2 Å². The van der Waals surface area contributed by atoms with Crippen LogP contribution in [0.15, 0.2) is 48.5 Å². The minimum absolute atomic E-state index is 0.109. The third-order valence-electron chi connectivity index (χ3n) is 4.76. The molecule has 142 valence electrons. The van der Waals surface area contributed by atoms with Crippen LogP contribution in [0.5, 0.6) is 17.2 Å². The predicted octanol–water partition coefficient (Wildman–Crippen LogP) is 3.41. The van der Waals surface area contributed by atoms with Gasteiger partial charge >= 0.3 is 0 Å². The number of fused-ring (bicyclic) bond motifs is 1. The van der Waals surface area contributed by atoms with Crippen molar-refractivity contribution in [2.75, 3.05) is 34.0 Å². The molecule has 0 bridgehead atoms. The molecule has 0 radical (unpaired) electrons. The van der Waals surface area contributed by atoms with Crippen molar-refractivity contribution in [3.05, 3.63) is 59.7 Å². The van der Waals surface area contributed by atoms with Gasteiger partial charge in [0, 0.05) is 6.42 Å². The molecule has 0 aromatic heterocycles. The quantitative estimate of drug-likeness (QED) is 0.573. The first-order valence-electron chi connectivity index (χ1n) is 9.12. The van der Waals surface area contributed by atoms with Gasteiger partial charge < -0.3 is 19.1 Å². The molecule has 1 heterocycles. The molecule has 0 saturated heterocycles. The number of phenols is 1. The van der Waals surface area contributed by atoms with E-state index in [1.807, 2.05) is 12.1 Å². The van der Waals surface area contributed by atoms with Crippen molar-refractivity contribution >= 4 is 11.9 Å². The number of ketones is 1. The summed E-state index contributed by atoms with van der Waals surface area (Å²) in [6.45, 7) is 2.01. The first-order valence-corrected chi connectivity index (χ1v) is 9.12. The number of nitrogens with zero attached hydrogens (tertiary/aromatic N) is 1. The van der Waals surface area contributed by atoms with Gasteiger partial charge in [0.05, 0.1) is 33.6 Å². The molecule has 3 rings (SSSR count). The summed E-state index contributed by atoms with van der Waals surface area (Å²) in [5, 5.41) is 9.28. The molecule has 0 atom stereocenters. The highest BCUT2D eigenvalue weighted by atomic mass is 16.7. The second-order valence-electron chi connectivity index (χ2n) is 7.46. The zero-order valence-corrected chi connectivity index (χ0v) is 15.9. The van der Waals surface area contributed by atoms with Gasteiger partial charge in [-0.2, -0.15) is 0 Å². The lowest BCUT2D eigenvalue weighted by Crippen LogP contribution is -2.42. The molecule has 0 fully saturated rings.